The molecule has 2 rings (SSSR count). The van der Waals surface area contributed by atoms with Gasteiger partial charge in [-0.15, -0.1) is 0 Å². The van der Waals surface area contributed by atoms with E-state index >= 15 is 0 Å². The average molecular weight is 354 g/mol. The van der Waals surface area contributed by atoms with Crippen molar-refractivity contribution in [2.75, 3.05) is 36.6 Å². The Morgan fingerprint density at radius 1 is 1.38 bits per heavy atom. The highest BCUT2D eigenvalue weighted by atomic mass is 32.2. The maximum Gasteiger partial charge on any atom is 0.264 e. The first-order chi connectivity index (χ1) is 11.2. The maximum atomic E-state index is 12.2. The molecule has 24 heavy (non-hydrogen) atoms. The topological polar surface area (TPSA) is 92.8 Å². The summed E-state index contributed by atoms with van der Waals surface area (Å²) in [7, 11) is -1.56. The standard InChI is InChI=1S/C16H22N2O5S/c1-11(2)10-24(21,22)7-6-17-16(20)12-4-5-14-13(8-12)18(3)15(19)9-23-14/h4-5,8,11H,6-7,9-10H2,1-3H3,(H,17,20). The summed E-state index contributed by atoms with van der Waals surface area (Å²) in [6.45, 7) is 3.70. The fraction of sp³-hybridized carbons (Fsp3) is 0.500. The van der Waals surface area contributed by atoms with E-state index in [9.17, 15) is 18.0 Å². The van der Waals surface area contributed by atoms with Gasteiger partial charge in [-0.2, -0.15) is 0 Å². The molecular weight excluding hydrogens is 332 g/mol. The summed E-state index contributed by atoms with van der Waals surface area (Å²) < 4.78 is 28.9. The van der Waals surface area contributed by atoms with Gasteiger partial charge in [-0.1, -0.05) is 13.8 Å². The molecule has 0 radical (unpaired) electrons. The van der Waals surface area contributed by atoms with Gasteiger partial charge in [0, 0.05) is 19.2 Å². The highest BCUT2D eigenvalue weighted by Crippen LogP contribution is 2.31. The second-order valence-electron chi connectivity index (χ2n) is 6.19. The summed E-state index contributed by atoms with van der Waals surface area (Å²) >= 11 is 0. The van der Waals surface area contributed by atoms with Crippen LogP contribution in [0.15, 0.2) is 18.2 Å². The van der Waals surface area contributed by atoms with E-state index in [1.54, 1.807) is 25.2 Å². The highest BCUT2D eigenvalue weighted by molar-refractivity contribution is 7.91. The van der Waals surface area contributed by atoms with Crippen molar-refractivity contribution < 1.29 is 22.7 Å². The maximum absolute atomic E-state index is 12.2. The number of benzene rings is 1. The Bertz CT molecular complexity index is 743. The van der Waals surface area contributed by atoms with Crippen LogP contribution in [0.1, 0.15) is 24.2 Å². The molecule has 0 saturated carbocycles. The SMILES string of the molecule is CC(C)CS(=O)(=O)CCNC(=O)c1ccc2c(c1)N(C)C(=O)CO2. The number of carbonyl (C=O) groups is 2. The summed E-state index contributed by atoms with van der Waals surface area (Å²) in [5, 5.41) is 2.60. The highest BCUT2D eigenvalue weighted by Gasteiger charge is 2.23. The van der Waals surface area contributed by atoms with E-state index in [1.807, 2.05) is 13.8 Å². The minimum absolute atomic E-state index is 0.0250. The molecule has 1 heterocycles. The van der Waals surface area contributed by atoms with Crippen molar-refractivity contribution in [3.8, 4) is 5.75 Å². The van der Waals surface area contributed by atoms with Crippen molar-refractivity contribution in [3.63, 3.8) is 0 Å². The smallest absolute Gasteiger partial charge is 0.264 e. The zero-order chi connectivity index (χ0) is 17.9. The monoisotopic (exact) mass is 354 g/mol. The number of hydrogen-bond donors (Lipinski definition) is 1. The van der Waals surface area contributed by atoms with Crippen molar-refractivity contribution in [1.29, 1.82) is 0 Å². The molecule has 132 valence electrons. The number of amides is 2. The first-order valence-electron chi connectivity index (χ1n) is 7.71. The van der Waals surface area contributed by atoms with Crippen LogP contribution in [0.2, 0.25) is 0 Å². The van der Waals surface area contributed by atoms with Gasteiger partial charge in [0.05, 0.1) is 17.2 Å². The number of likely N-dealkylation sites (N-methyl/N-ethyl adjacent to an activating group) is 1. The Morgan fingerprint density at radius 3 is 2.75 bits per heavy atom. The molecule has 1 aromatic rings. The van der Waals surface area contributed by atoms with Gasteiger partial charge in [0.15, 0.2) is 16.4 Å². The number of anilines is 1. The van der Waals surface area contributed by atoms with Crippen LogP contribution in [0.25, 0.3) is 0 Å². The number of fused-ring (bicyclic) bond motifs is 1. The quantitative estimate of drug-likeness (QED) is 0.817. The number of hydrogen-bond acceptors (Lipinski definition) is 5. The molecule has 0 aromatic heterocycles. The van der Waals surface area contributed by atoms with E-state index in [0.717, 1.165) is 0 Å². The predicted octanol–water partition coefficient (Wildman–Crippen LogP) is 0.842. The van der Waals surface area contributed by atoms with Crippen molar-refractivity contribution >= 4 is 27.3 Å². The third-order valence-corrected chi connectivity index (χ3v) is 5.59. The molecule has 1 aliphatic heterocycles. The van der Waals surface area contributed by atoms with Crippen molar-refractivity contribution in [1.82, 2.24) is 5.32 Å². The van der Waals surface area contributed by atoms with E-state index in [4.69, 9.17) is 4.74 Å². The second kappa shape index (κ2) is 7.21. The molecule has 8 heteroatoms. The van der Waals surface area contributed by atoms with Gasteiger partial charge in [0.1, 0.15) is 5.75 Å². The molecule has 2 amide bonds. The molecular formula is C16H22N2O5S. The lowest BCUT2D eigenvalue weighted by Gasteiger charge is -2.26. The van der Waals surface area contributed by atoms with Crippen LogP contribution in [-0.4, -0.2) is 51.9 Å². The molecule has 0 atom stereocenters. The molecule has 0 bridgehead atoms. The van der Waals surface area contributed by atoms with Crippen LogP contribution in [0.3, 0.4) is 0 Å². The van der Waals surface area contributed by atoms with Crippen LogP contribution in [-0.2, 0) is 14.6 Å². The normalized spacial score (nSPS) is 14.3. The van der Waals surface area contributed by atoms with E-state index in [2.05, 4.69) is 5.32 Å². The molecule has 0 aliphatic carbocycles. The number of carbonyl (C=O) groups excluding carboxylic acids is 2. The van der Waals surface area contributed by atoms with Crippen LogP contribution in [0.4, 0.5) is 5.69 Å². The van der Waals surface area contributed by atoms with Crippen LogP contribution in [0, 0.1) is 5.92 Å². The van der Waals surface area contributed by atoms with Crippen LogP contribution in [0.5, 0.6) is 5.75 Å². The van der Waals surface area contributed by atoms with Gasteiger partial charge in [-0.3, -0.25) is 9.59 Å². The predicted molar refractivity (Wildman–Crippen MR) is 91.2 cm³/mol. The summed E-state index contributed by atoms with van der Waals surface area (Å²) in [5.74, 6) is 0.0198. The number of ether oxygens (including phenoxy) is 1. The first kappa shape index (κ1) is 18.3. The van der Waals surface area contributed by atoms with E-state index in [0.29, 0.717) is 17.0 Å². The molecule has 7 nitrogen and oxygen atoms in total. The first-order valence-corrected chi connectivity index (χ1v) is 9.54. The molecule has 0 fully saturated rings. The summed E-state index contributed by atoms with van der Waals surface area (Å²) in [4.78, 5) is 25.3. The minimum atomic E-state index is -3.18. The third-order valence-electron chi connectivity index (χ3n) is 3.59. The Labute approximate surface area is 141 Å². The largest absolute Gasteiger partial charge is 0.482 e. The summed E-state index contributed by atoms with van der Waals surface area (Å²) in [6, 6.07) is 4.77. The zero-order valence-corrected chi connectivity index (χ0v) is 14.9. The third kappa shape index (κ3) is 4.47. The Hall–Kier alpha value is -2.09. The second-order valence-corrected chi connectivity index (χ2v) is 8.42. The summed E-state index contributed by atoms with van der Waals surface area (Å²) in [5.41, 5.74) is 0.867. The van der Waals surface area contributed by atoms with Crippen LogP contribution >= 0.6 is 0 Å². The Kier molecular flexibility index (Phi) is 5.48. The molecule has 0 spiro atoms. The van der Waals surface area contributed by atoms with Gasteiger partial charge < -0.3 is 15.0 Å². The lowest BCUT2D eigenvalue weighted by atomic mass is 10.1. The Morgan fingerprint density at radius 2 is 2.08 bits per heavy atom. The fourth-order valence-electron chi connectivity index (χ4n) is 2.43. The van der Waals surface area contributed by atoms with E-state index < -0.39 is 9.84 Å². The number of rotatable bonds is 6. The van der Waals surface area contributed by atoms with E-state index in [-0.39, 0.29) is 42.4 Å². The van der Waals surface area contributed by atoms with Crippen molar-refractivity contribution in [2.45, 2.75) is 13.8 Å². The zero-order valence-electron chi connectivity index (χ0n) is 14.0. The molecule has 1 N–H and O–H groups in total. The van der Waals surface area contributed by atoms with Gasteiger partial charge in [0.25, 0.3) is 11.8 Å². The molecule has 0 unspecified atom stereocenters. The fourth-order valence-corrected chi connectivity index (χ4v) is 4.02. The van der Waals surface area contributed by atoms with Crippen molar-refractivity contribution in [3.05, 3.63) is 23.8 Å². The number of sulfone groups is 1. The van der Waals surface area contributed by atoms with Gasteiger partial charge in [-0.25, -0.2) is 8.42 Å². The molecule has 1 aromatic carbocycles. The van der Waals surface area contributed by atoms with Gasteiger partial charge >= 0.3 is 0 Å². The number of nitrogens with one attached hydrogen (secondary N) is 1. The van der Waals surface area contributed by atoms with E-state index in [1.165, 1.54) is 4.90 Å². The lowest BCUT2D eigenvalue weighted by Crippen LogP contribution is -2.36. The van der Waals surface area contributed by atoms with Crippen LogP contribution < -0.4 is 15.0 Å². The summed E-state index contributed by atoms with van der Waals surface area (Å²) in [6.07, 6.45) is 0. The number of nitrogens with zero attached hydrogens (tertiary/aromatic N) is 1. The Balaban J connectivity index is 2.00. The molecule has 0 saturated heterocycles. The lowest BCUT2D eigenvalue weighted by molar-refractivity contribution is -0.120. The van der Waals surface area contributed by atoms with Gasteiger partial charge in [0.2, 0.25) is 0 Å². The minimum Gasteiger partial charge on any atom is -0.482 e. The average Bonchev–Trinajstić information content (AvgIpc) is 2.49. The van der Waals surface area contributed by atoms with Gasteiger partial charge in [-0.05, 0) is 24.1 Å². The van der Waals surface area contributed by atoms with Crippen molar-refractivity contribution in [2.24, 2.45) is 5.92 Å². The molecule has 1 aliphatic rings.